The molecule has 3 rings (SSSR count). The molecule has 2 aromatic carbocycles. The fraction of sp³-hybridized carbons (Fsp3) is 0.222. The number of rotatable bonds is 5. The van der Waals surface area contributed by atoms with E-state index >= 15 is 0 Å². The number of fused-ring (bicyclic) bond motifs is 1. The molecule has 0 saturated heterocycles. The third-order valence-electron chi connectivity index (χ3n) is 4.11. The van der Waals surface area contributed by atoms with Gasteiger partial charge in [-0.15, -0.1) is 0 Å². The molecule has 0 N–H and O–H groups in total. The number of aromatic nitrogens is 1. The van der Waals surface area contributed by atoms with Crippen molar-refractivity contribution in [3.8, 4) is 0 Å². The summed E-state index contributed by atoms with van der Waals surface area (Å²) in [6.45, 7) is 2.50. The Morgan fingerprint density at radius 2 is 2.00 bits per heavy atom. The molecule has 0 aliphatic rings. The van der Waals surface area contributed by atoms with E-state index < -0.39 is 20.7 Å². The summed E-state index contributed by atoms with van der Waals surface area (Å²) in [5.74, 6) is -0.793. The average Bonchev–Trinajstić information content (AvgIpc) is 2.97. The Kier molecular flexibility index (Phi) is 5.87. The van der Waals surface area contributed by atoms with Crippen LogP contribution in [0.5, 0.6) is 0 Å². The molecule has 152 valence electrons. The second kappa shape index (κ2) is 8.05. The van der Waals surface area contributed by atoms with E-state index in [1.165, 1.54) is 24.3 Å². The largest absolute Gasteiger partial charge is 0.316 e. The predicted octanol–water partition coefficient (Wildman–Crippen LogP) is 3.82. The number of carbonyl (C=O) groups excluding carboxylic acids is 1. The number of carbonyl (C=O) groups is 1. The lowest BCUT2D eigenvalue weighted by Crippen LogP contribution is -2.17. The second-order valence-corrected chi connectivity index (χ2v) is 9.73. The van der Waals surface area contributed by atoms with Gasteiger partial charge in [-0.3, -0.25) is 14.9 Å². The monoisotopic (exact) mass is 453 g/mol. The van der Waals surface area contributed by atoms with Crippen LogP contribution in [0.15, 0.2) is 46.3 Å². The molecule has 0 aliphatic heterocycles. The lowest BCUT2D eigenvalue weighted by atomic mass is 10.2. The maximum absolute atomic E-state index is 12.7. The number of nitro groups is 1. The lowest BCUT2D eigenvalue weighted by Gasteiger charge is -2.04. The van der Waals surface area contributed by atoms with E-state index in [9.17, 15) is 23.3 Å². The van der Waals surface area contributed by atoms with E-state index in [0.717, 1.165) is 35.6 Å². The van der Waals surface area contributed by atoms with E-state index in [1.807, 2.05) is 6.92 Å². The second-order valence-electron chi connectivity index (χ2n) is 6.27. The van der Waals surface area contributed by atoms with Crippen LogP contribution in [-0.2, 0) is 16.4 Å². The van der Waals surface area contributed by atoms with Crippen molar-refractivity contribution >= 4 is 54.6 Å². The highest BCUT2D eigenvalue weighted by molar-refractivity contribution is 7.90. The van der Waals surface area contributed by atoms with Gasteiger partial charge in [0, 0.05) is 23.9 Å². The highest BCUT2D eigenvalue weighted by atomic mass is 35.5. The van der Waals surface area contributed by atoms with Crippen molar-refractivity contribution < 1.29 is 18.1 Å². The smallest absolute Gasteiger partial charge is 0.286 e. The van der Waals surface area contributed by atoms with Gasteiger partial charge in [-0.2, -0.15) is 4.99 Å². The van der Waals surface area contributed by atoms with Crippen molar-refractivity contribution in [2.45, 2.75) is 24.8 Å². The van der Waals surface area contributed by atoms with Gasteiger partial charge in [-0.1, -0.05) is 29.9 Å². The minimum Gasteiger partial charge on any atom is -0.316 e. The van der Waals surface area contributed by atoms with Crippen molar-refractivity contribution in [2.24, 2.45) is 4.99 Å². The molecule has 1 amide bonds. The van der Waals surface area contributed by atoms with E-state index in [-0.39, 0.29) is 21.2 Å². The molecular weight excluding hydrogens is 438 g/mol. The Bertz CT molecular complexity index is 1310. The Morgan fingerprint density at radius 3 is 2.62 bits per heavy atom. The minimum absolute atomic E-state index is 0.165. The molecule has 3 aromatic rings. The number of sulfone groups is 1. The van der Waals surface area contributed by atoms with Crippen LogP contribution in [-0.4, -0.2) is 30.1 Å². The first-order valence-electron chi connectivity index (χ1n) is 8.48. The van der Waals surface area contributed by atoms with Crippen molar-refractivity contribution in [1.82, 2.24) is 4.57 Å². The number of thiazole rings is 1. The highest BCUT2D eigenvalue weighted by Crippen LogP contribution is 2.25. The summed E-state index contributed by atoms with van der Waals surface area (Å²) in [6, 6.07) is 8.42. The molecule has 0 aliphatic carbocycles. The number of nitrogens with zero attached hydrogens (tertiary/aromatic N) is 3. The predicted molar refractivity (Wildman–Crippen MR) is 111 cm³/mol. The van der Waals surface area contributed by atoms with Crippen LogP contribution >= 0.6 is 22.9 Å². The van der Waals surface area contributed by atoms with Crippen molar-refractivity contribution in [3.63, 3.8) is 0 Å². The summed E-state index contributed by atoms with van der Waals surface area (Å²) in [7, 11) is -3.39. The maximum atomic E-state index is 12.7. The first-order valence-corrected chi connectivity index (χ1v) is 11.6. The number of halogens is 1. The van der Waals surface area contributed by atoms with E-state index in [4.69, 9.17) is 11.6 Å². The molecular formula is C18H16ClN3O5S2. The molecule has 0 atom stereocenters. The van der Waals surface area contributed by atoms with Crippen LogP contribution in [0.3, 0.4) is 0 Å². The molecule has 11 heteroatoms. The standard InChI is InChI=1S/C18H16ClN3O5S2/c1-3-8-21-15-7-5-12(29(2,26)27)10-16(15)28-18(21)20-17(23)13-9-11(19)4-6-14(13)22(24)25/h4-7,9-10H,3,8H2,1-2H3. The van der Waals surface area contributed by atoms with Gasteiger partial charge < -0.3 is 4.57 Å². The summed E-state index contributed by atoms with van der Waals surface area (Å²) in [5, 5.41) is 11.4. The fourth-order valence-electron chi connectivity index (χ4n) is 2.80. The van der Waals surface area contributed by atoms with Crippen molar-refractivity contribution in [1.29, 1.82) is 0 Å². The molecule has 0 spiro atoms. The van der Waals surface area contributed by atoms with E-state index in [1.54, 1.807) is 10.6 Å². The number of aryl methyl sites for hydroxylation is 1. The Labute approximate surface area is 175 Å². The van der Waals surface area contributed by atoms with Crippen LogP contribution in [0.1, 0.15) is 23.7 Å². The molecule has 0 saturated carbocycles. The molecule has 1 heterocycles. The number of hydrogen-bond acceptors (Lipinski definition) is 6. The molecule has 0 bridgehead atoms. The van der Waals surface area contributed by atoms with Gasteiger partial charge in [0.2, 0.25) is 0 Å². The Balaban J connectivity index is 2.22. The number of nitro benzene ring substituents is 1. The summed E-state index contributed by atoms with van der Waals surface area (Å²) < 4.78 is 26.1. The lowest BCUT2D eigenvalue weighted by molar-refractivity contribution is -0.385. The maximum Gasteiger partial charge on any atom is 0.286 e. The highest BCUT2D eigenvalue weighted by Gasteiger charge is 2.21. The number of benzene rings is 2. The van der Waals surface area contributed by atoms with Gasteiger partial charge in [0.25, 0.3) is 11.6 Å². The average molecular weight is 454 g/mol. The summed E-state index contributed by atoms with van der Waals surface area (Å²) >= 11 is 7.04. The Hall–Kier alpha value is -2.56. The molecule has 0 unspecified atom stereocenters. The quantitative estimate of drug-likeness (QED) is 0.430. The number of hydrogen-bond donors (Lipinski definition) is 0. The van der Waals surface area contributed by atoms with Crippen LogP contribution < -0.4 is 4.80 Å². The van der Waals surface area contributed by atoms with Gasteiger partial charge >= 0.3 is 0 Å². The number of amides is 1. The van der Waals surface area contributed by atoms with Crippen LogP contribution in [0.4, 0.5) is 5.69 Å². The van der Waals surface area contributed by atoms with Gasteiger partial charge in [0.1, 0.15) is 5.56 Å². The molecule has 8 nitrogen and oxygen atoms in total. The molecule has 29 heavy (non-hydrogen) atoms. The van der Waals surface area contributed by atoms with Crippen LogP contribution in [0.2, 0.25) is 5.02 Å². The molecule has 0 radical (unpaired) electrons. The first kappa shape index (κ1) is 21.2. The summed E-state index contributed by atoms with van der Waals surface area (Å²) in [4.78, 5) is 27.9. The molecule has 0 fully saturated rings. The third kappa shape index (κ3) is 4.39. The first-order chi connectivity index (χ1) is 13.6. The fourth-order valence-corrected chi connectivity index (χ4v) is 4.78. The van der Waals surface area contributed by atoms with Crippen molar-refractivity contribution in [2.75, 3.05) is 6.26 Å². The topological polar surface area (TPSA) is 112 Å². The van der Waals surface area contributed by atoms with Gasteiger partial charge in [-0.05, 0) is 36.8 Å². The third-order valence-corrected chi connectivity index (χ3v) is 6.50. The van der Waals surface area contributed by atoms with Crippen LogP contribution in [0.25, 0.3) is 10.2 Å². The normalized spacial score (nSPS) is 12.4. The Morgan fingerprint density at radius 1 is 1.28 bits per heavy atom. The summed E-state index contributed by atoms with van der Waals surface area (Å²) in [5.41, 5.74) is 0.141. The zero-order valence-corrected chi connectivity index (χ0v) is 17.8. The van der Waals surface area contributed by atoms with Crippen LogP contribution in [0, 0.1) is 10.1 Å². The van der Waals surface area contributed by atoms with Gasteiger partial charge in [0.05, 0.1) is 20.0 Å². The SMILES string of the molecule is CCCn1c(=NC(=O)c2cc(Cl)ccc2[N+](=O)[O-])sc2cc(S(C)(=O)=O)ccc21. The molecule has 1 aromatic heterocycles. The van der Waals surface area contributed by atoms with E-state index in [2.05, 4.69) is 4.99 Å². The van der Waals surface area contributed by atoms with Gasteiger partial charge in [0.15, 0.2) is 14.6 Å². The van der Waals surface area contributed by atoms with Crippen molar-refractivity contribution in [3.05, 3.63) is 61.9 Å². The van der Waals surface area contributed by atoms with E-state index in [0.29, 0.717) is 16.0 Å². The zero-order chi connectivity index (χ0) is 21.3. The minimum atomic E-state index is -3.39. The zero-order valence-electron chi connectivity index (χ0n) is 15.5. The van der Waals surface area contributed by atoms with Gasteiger partial charge in [-0.25, -0.2) is 8.42 Å². The summed E-state index contributed by atoms with van der Waals surface area (Å²) in [6.07, 6.45) is 1.87.